The molecule has 4 heteroatoms. The molecule has 2 rings (SSSR count). The van der Waals surface area contributed by atoms with Crippen molar-refractivity contribution in [3.8, 4) is 11.5 Å². The summed E-state index contributed by atoms with van der Waals surface area (Å²) in [5, 5.41) is 3.41. The molecule has 1 fully saturated rings. The van der Waals surface area contributed by atoms with E-state index >= 15 is 0 Å². The van der Waals surface area contributed by atoms with Gasteiger partial charge in [0.05, 0.1) is 19.3 Å². The van der Waals surface area contributed by atoms with Gasteiger partial charge in [0.1, 0.15) is 18.1 Å². The lowest BCUT2D eigenvalue weighted by molar-refractivity contribution is 0.0178. The van der Waals surface area contributed by atoms with Crippen molar-refractivity contribution >= 4 is 0 Å². The van der Waals surface area contributed by atoms with Gasteiger partial charge in [-0.3, -0.25) is 0 Å². The number of ether oxygens (including phenoxy) is 3. The number of rotatable bonds is 7. The van der Waals surface area contributed by atoms with Gasteiger partial charge in [-0.25, -0.2) is 0 Å². The molecule has 2 unspecified atom stereocenters. The lowest BCUT2D eigenvalue weighted by Crippen LogP contribution is -2.32. The highest BCUT2D eigenvalue weighted by molar-refractivity contribution is 5.32. The molecule has 20 heavy (non-hydrogen) atoms. The van der Waals surface area contributed by atoms with E-state index in [0.29, 0.717) is 18.8 Å². The first-order chi connectivity index (χ1) is 9.67. The van der Waals surface area contributed by atoms with Gasteiger partial charge in [-0.1, -0.05) is 19.9 Å². The Morgan fingerprint density at radius 3 is 2.75 bits per heavy atom. The SMILES string of the molecule is COc1cccc(OCC2CCC(CNC(C)C)O2)c1. The first-order valence-electron chi connectivity index (χ1n) is 7.33. The quantitative estimate of drug-likeness (QED) is 0.833. The molecule has 2 atom stereocenters. The predicted octanol–water partition coefficient (Wildman–Crippen LogP) is 2.62. The third-order valence-corrected chi connectivity index (χ3v) is 3.43. The summed E-state index contributed by atoms with van der Waals surface area (Å²) in [6.45, 7) is 5.83. The maximum Gasteiger partial charge on any atom is 0.123 e. The highest BCUT2D eigenvalue weighted by Gasteiger charge is 2.25. The molecule has 0 amide bonds. The fourth-order valence-electron chi connectivity index (χ4n) is 2.30. The van der Waals surface area contributed by atoms with Crippen LogP contribution in [-0.4, -0.2) is 38.5 Å². The first-order valence-corrected chi connectivity index (χ1v) is 7.33. The molecule has 1 N–H and O–H groups in total. The molecule has 0 spiro atoms. The highest BCUT2D eigenvalue weighted by atomic mass is 16.5. The summed E-state index contributed by atoms with van der Waals surface area (Å²) in [5.74, 6) is 1.64. The van der Waals surface area contributed by atoms with Crippen LogP contribution in [0.15, 0.2) is 24.3 Å². The van der Waals surface area contributed by atoms with E-state index < -0.39 is 0 Å². The van der Waals surface area contributed by atoms with Crippen LogP contribution in [0.5, 0.6) is 11.5 Å². The van der Waals surface area contributed by atoms with Crippen LogP contribution < -0.4 is 14.8 Å². The van der Waals surface area contributed by atoms with Gasteiger partial charge in [0.15, 0.2) is 0 Å². The minimum atomic E-state index is 0.195. The summed E-state index contributed by atoms with van der Waals surface area (Å²) < 4.78 is 16.9. The number of benzene rings is 1. The lowest BCUT2D eigenvalue weighted by Gasteiger charge is -2.16. The van der Waals surface area contributed by atoms with Gasteiger partial charge in [0.2, 0.25) is 0 Å². The van der Waals surface area contributed by atoms with Crippen molar-refractivity contribution in [2.75, 3.05) is 20.3 Å². The molecule has 0 saturated carbocycles. The Bertz CT molecular complexity index is 408. The molecule has 1 aliphatic heterocycles. The van der Waals surface area contributed by atoms with Crippen LogP contribution in [0.3, 0.4) is 0 Å². The largest absolute Gasteiger partial charge is 0.497 e. The smallest absolute Gasteiger partial charge is 0.123 e. The van der Waals surface area contributed by atoms with Gasteiger partial charge in [0, 0.05) is 18.7 Å². The van der Waals surface area contributed by atoms with Crippen LogP contribution >= 0.6 is 0 Å². The average molecular weight is 279 g/mol. The van der Waals surface area contributed by atoms with E-state index in [1.54, 1.807) is 7.11 Å². The zero-order valence-corrected chi connectivity index (χ0v) is 12.6. The molecule has 0 radical (unpaired) electrons. The molecule has 0 bridgehead atoms. The second-order valence-electron chi connectivity index (χ2n) is 5.51. The molecule has 112 valence electrons. The van der Waals surface area contributed by atoms with Gasteiger partial charge in [-0.05, 0) is 25.0 Å². The molecule has 1 aliphatic rings. The lowest BCUT2D eigenvalue weighted by atomic mass is 10.2. The van der Waals surface area contributed by atoms with Crippen molar-refractivity contribution in [1.82, 2.24) is 5.32 Å². The Labute approximate surface area is 121 Å². The fourth-order valence-corrected chi connectivity index (χ4v) is 2.30. The minimum absolute atomic E-state index is 0.195. The van der Waals surface area contributed by atoms with Crippen molar-refractivity contribution in [2.24, 2.45) is 0 Å². The standard InChI is InChI=1S/C16H25NO3/c1-12(2)17-10-15-7-8-16(20-15)11-19-14-6-4-5-13(9-14)18-3/h4-6,9,12,15-17H,7-8,10-11H2,1-3H3. The summed E-state index contributed by atoms with van der Waals surface area (Å²) in [6, 6.07) is 8.18. The van der Waals surface area contributed by atoms with Crippen LogP contribution in [0.25, 0.3) is 0 Å². The third kappa shape index (κ3) is 4.69. The monoisotopic (exact) mass is 279 g/mol. The summed E-state index contributed by atoms with van der Waals surface area (Å²) >= 11 is 0. The maximum atomic E-state index is 5.97. The average Bonchev–Trinajstić information content (AvgIpc) is 2.91. The summed E-state index contributed by atoms with van der Waals surface area (Å²) in [5.41, 5.74) is 0. The minimum Gasteiger partial charge on any atom is -0.497 e. The zero-order valence-electron chi connectivity index (χ0n) is 12.6. The number of nitrogens with one attached hydrogen (secondary N) is 1. The predicted molar refractivity (Wildman–Crippen MR) is 79.5 cm³/mol. The normalized spacial score (nSPS) is 22.2. The van der Waals surface area contributed by atoms with E-state index in [2.05, 4.69) is 19.2 Å². The molecule has 1 heterocycles. The second kappa shape index (κ2) is 7.50. The zero-order chi connectivity index (χ0) is 14.4. The van der Waals surface area contributed by atoms with E-state index in [-0.39, 0.29) is 6.10 Å². The van der Waals surface area contributed by atoms with Crippen LogP contribution in [0.1, 0.15) is 26.7 Å². The Kier molecular flexibility index (Phi) is 5.68. The molecular formula is C16H25NO3. The van der Waals surface area contributed by atoms with Gasteiger partial charge >= 0.3 is 0 Å². The topological polar surface area (TPSA) is 39.7 Å². The third-order valence-electron chi connectivity index (χ3n) is 3.43. The molecule has 4 nitrogen and oxygen atoms in total. The van der Waals surface area contributed by atoms with Crippen molar-refractivity contribution in [1.29, 1.82) is 0 Å². The Morgan fingerprint density at radius 2 is 2.00 bits per heavy atom. The van der Waals surface area contributed by atoms with E-state index in [4.69, 9.17) is 14.2 Å². The molecule has 1 saturated heterocycles. The van der Waals surface area contributed by atoms with Gasteiger partial charge in [0.25, 0.3) is 0 Å². The molecule has 0 aliphatic carbocycles. The number of methoxy groups -OCH3 is 1. The van der Waals surface area contributed by atoms with E-state index in [9.17, 15) is 0 Å². The van der Waals surface area contributed by atoms with Crippen LogP contribution in [0.4, 0.5) is 0 Å². The Balaban J connectivity index is 1.72. The second-order valence-corrected chi connectivity index (χ2v) is 5.51. The maximum absolute atomic E-state index is 5.97. The highest BCUT2D eigenvalue weighted by Crippen LogP contribution is 2.23. The van der Waals surface area contributed by atoms with Crippen LogP contribution in [0, 0.1) is 0 Å². The van der Waals surface area contributed by atoms with Gasteiger partial charge in [-0.2, -0.15) is 0 Å². The number of hydrogen-bond acceptors (Lipinski definition) is 4. The Hall–Kier alpha value is -1.26. The molecular weight excluding hydrogens is 254 g/mol. The van der Waals surface area contributed by atoms with E-state index in [1.165, 1.54) is 0 Å². The van der Waals surface area contributed by atoms with E-state index in [0.717, 1.165) is 30.9 Å². The molecule has 1 aromatic rings. The van der Waals surface area contributed by atoms with Gasteiger partial charge in [-0.15, -0.1) is 0 Å². The molecule has 0 aromatic heterocycles. The van der Waals surface area contributed by atoms with Crippen molar-refractivity contribution in [3.05, 3.63) is 24.3 Å². The first kappa shape index (κ1) is 15.1. The van der Waals surface area contributed by atoms with Crippen molar-refractivity contribution < 1.29 is 14.2 Å². The number of hydrogen-bond donors (Lipinski definition) is 1. The van der Waals surface area contributed by atoms with Gasteiger partial charge < -0.3 is 19.5 Å². The van der Waals surface area contributed by atoms with E-state index in [1.807, 2.05) is 24.3 Å². The molecule has 1 aromatic carbocycles. The summed E-state index contributed by atoms with van der Waals surface area (Å²) in [6.07, 6.45) is 2.68. The van der Waals surface area contributed by atoms with Crippen molar-refractivity contribution in [3.63, 3.8) is 0 Å². The van der Waals surface area contributed by atoms with Crippen molar-refractivity contribution in [2.45, 2.75) is 44.9 Å². The Morgan fingerprint density at radius 1 is 1.25 bits per heavy atom. The van der Waals surface area contributed by atoms with Crippen LogP contribution in [0.2, 0.25) is 0 Å². The van der Waals surface area contributed by atoms with Crippen LogP contribution in [-0.2, 0) is 4.74 Å². The summed E-state index contributed by atoms with van der Waals surface area (Å²) in [7, 11) is 1.66. The fraction of sp³-hybridized carbons (Fsp3) is 0.625. The summed E-state index contributed by atoms with van der Waals surface area (Å²) in [4.78, 5) is 0.